The first-order chi connectivity index (χ1) is 11.8. The van der Waals surface area contributed by atoms with E-state index in [9.17, 15) is 4.79 Å². The summed E-state index contributed by atoms with van der Waals surface area (Å²) in [5.41, 5.74) is 4.86. The highest BCUT2D eigenvalue weighted by atomic mass is 16.1. The zero-order chi connectivity index (χ0) is 16.1. The number of ketones is 1. The second-order valence-corrected chi connectivity index (χ2v) is 6.28. The van der Waals surface area contributed by atoms with Gasteiger partial charge >= 0.3 is 0 Å². The molecular weight excluding hydrogens is 300 g/mol. The molecule has 0 saturated heterocycles. The predicted octanol–water partition coefficient (Wildman–Crippen LogP) is 3.45. The van der Waals surface area contributed by atoms with Crippen molar-refractivity contribution in [1.29, 1.82) is 0 Å². The Balaban J connectivity index is 1.83. The third kappa shape index (κ3) is 1.84. The molecule has 2 aliphatic rings. The quantitative estimate of drug-likeness (QED) is 0.747. The average Bonchev–Trinajstić information content (AvgIpc) is 2.99. The summed E-state index contributed by atoms with van der Waals surface area (Å²) in [7, 11) is 0. The van der Waals surface area contributed by atoms with Gasteiger partial charge in [-0.05, 0) is 36.6 Å². The average molecular weight is 316 g/mol. The molecule has 1 aliphatic heterocycles. The van der Waals surface area contributed by atoms with Crippen LogP contribution in [0.3, 0.4) is 0 Å². The maximum absolute atomic E-state index is 12.7. The number of carbonyl (C=O) groups excluding carboxylic acids is 1. The molecule has 0 bridgehead atoms. The minimum absolute atomic E-state index is 0.162. The molecule has 24 heavy (non-hydrogen) atoms. The number of allylic oxidation sites excluding steroid dienone is 2. The lowest BCUT2D eigenvalue weighted by Gasteiger charge is -2.33. The SMILES string of the molecule is O=C1CCCC2=C1[C@@H](c1cccnc1)n1c(nc3ccccc31)N2. The van der Waals surface area contributed by atoms with Crippen LogP contribution in [0.4, 0.5) is 5.95 Å². The van der Waals surface area contributed by atoms with E-state index in [0.29, 0.717) is 6.42 Å². The van der Waals surface area contributed by atoms with Crippen LogP contribution in [0.5, 0.6) is 0 Å². The van der Waals surface area contributed by atoms with Gasteiger partial charge in [-0.25, -0.2) is 4.98 Å². The number of anilines is 1. The lowest BCUT2D eigenvalue weighted by molar-refractivity contribution is -0.116. The second-order valence-electron chi connectivity index (χ2n) is 6.28. The fraction of sp³-hybridized carbons (Fsp3) is 0.211. The molecule has 1 aromatic carbocycles. The van der Waals surface area contributed by atoms with Crippen molar-refractivity contribution in [3.8, 4) is 0 Å². The van der Waals surface area contributed by atoms with Gasteiger partial charge in [0.1, 0.15) is 0 Å². The first-order valence-corrected chi connectivity index (χ1v) is 8.23. The largest absolute Gasteiger partial charge is 0.329 e. The maximum Gasteiger partial charge on any atom is 0.209 e. The minimum Gasteiger partial charge on any atom is -0.329 e. The summed E-state index contributed by atoms with van der Waals surface area (Å²) >= 11 is 0. The van der Waals surface area contributed by atoms with E-state index in [1.807, 2.05) is 36.5 Å². The van der Waals surface area contributed by atoms with E-state index in [-0.39, 0.29) is 11.8 Å². The number of aromatic nitrogens is 3. The van der Waals surface area contributed by atoms with Gasteiger partial charge in [-0.15, -0.1) is 0 Å². The molecule has 5 nitrogen and oxygen atoms in total. The van der Waals surface area contributed by atoms with E-state index >= 15 is 0 Å². The molecule has 1 aliphatic carbocycles. The number of Topliss-reactive ketones (excluding diaryl/α,β-unsaturated/α-hetero) is 1. The van der Waals surface area contributed by atoms with Crippen LogP contribution in [0.2, 0.25) is 0 Å². The Hall–Kier alpha value is -2.95. The Morgan fingerprint density at radius 1 is 1.12 bits per heavy atom. The van der Waals surface area contributed by atoms with Gasteiger partial charge < -0.3 is 5.32 Å². The van der Waals surface area contributed by atoms with Crippen molar-refractivity contribution in [3.63, 3.8) is 0 Å². The molecule has 1 N–H and O–H groups in total. The Labute approximate surface area is 139 Å². The number of nitrogens with one attached hydrogen (secondary N) is 1. The summed E-state index contributed by atoms with van der Waals surface area (Å²) in [5.74, 6) is 1.03. The molecule has 0 spiro atoms. The van der Waals surface area contributed by atoms with Gasteiger partial charge in [0, 0.05) is 30.1 Å². The summed E-state index contributed by atoms with van der Waals surface area (Å²) in [6.07, 6.45) is 6.00. The molecule has 2 aromatic heterocycles. The standard InChI is InChI=1S/C19H16N4O/c24-16-9-3-7-14-17(16)18(12-5-4-10-20-11-12)23-15-8-2-1-6-13(15)21-19(23)22-14/h1-2,4-6,8,10-11,18H,3,7,9H2,(H,21,22)/t18-/m1/s1. The third-order valence-corrected chi connectivity index (χ3v) is 4.85. The summed E-state index contributed by atoms with van der Waals surface area (Å²) in [5, 5.41) is 3.41. The van der Waals surface area contributed by atoms with Gasteiger partial charge in [-0.3, -0.25) is 14.3 Å². The predicted molar refractivity (Wildman–Crippen MR) is 91.6 cm³/mol. The number of hydrogen-bond donors (Lipinski definition) is 1. The number of hydrogen-bond acceptors (Lipinski definition) is 4. The van der Waals surface area contributed by atoms with Crippen LogP contribution < -0.4 is 5.32 Å². The molecule has 0 fully saturated rings. The smallest absolute Gasteiger partial charge is 0.209 e. The lowest BCUT2D eigenvalue weighted by atomic mass is 9.85. The summed E-state index contributed by atoms with van der Waals surface area (Å²) < 4.78 is 2.13. The molecule has 3 heterocycles. The van der Waals surface area contributed by atoms with E-state index < -0.39 is 0 Å². The molecule has 118 valence electrons. The molecule has 3 aromatic rings. The number of rotatable bonds is 1. The van der Waals surface area contributed by atoms with Crippen molar-refractivity contribution in [2.24, 2.45) is 0 Å². The number of benzene rings is 1. The normalized spacial score (nSPS) is 19.8. The van der Waals surface area contributed by atoms with Gasteiger partial charge in [-0.1, -0.05) is 18.2 Å². The first-order valence-electron chi connectivity index (χ1n) is 8.23. The molecule has 5 rings (SSSR count). The van der Waals surface area contributed by atoms with E-state index in [0.717, 1.165) is 46.7 Å². The number of nitrogens with zero attached hydrogens (tertiary/aromatic N) is 3. The molecule has 0 radical (unpaired) electrons. The number of fused-ring (bicyclic) bond motifs is 3. The number of imidazole rings is 1. The number of pyridine rings is 1. The van der Waals surface area contributed by atoms with Crippen LogP contribution in [0.25, 0.3) is 11.0 Å². The second kappa shape index (κ2) is 5.03. The van der Waals surface area contributed by atoms with Gasteiger partial charge in [0.15, 0.2) is 5.78 Å². The first kappa shape index (κ1) is 13.5. The summed E-state index contributed by atoms with van der Waals surface area (Å²) in [6, 6.07) is 11.8. The van der Waals surface area contributed by atoms with Crippen molar-refractivity contribution in [1.82, 2.24) is 14.5 Å². The van der Waals surface area contributed by atoms with Gasteiger partial charge in [-0.2, -0.15) is 0 Å². The van der Waals surface area contributed by atoms with Crippen LogP contribution in [0.15, 0.2) is 60.1 Å². The maximum atomic E-state index is 12.7. The molecular formula is C19H16N4O. The fourth-order valence-corrected chi connectivity index (χ4v) is 3.82. The van der Waals surface area contributed by atoms with Crippen LogP contribution in [0.1, 0.15) is 30.9 Å². The van der Waals surface area contributed by atoms with E-state index in [1.165, 1.54) is 0 Å². The topological polar surface area (TPSA) is 59.8 Å². The van der Waals surface area contributed by atoms with Crippen molar-refractivity contribution in [2.45, 2.75) is 25.3 Å². The molecule has 5 heteroatoms. The minimum atomic E-state index is -0.162. The molecule has 0 unspecified atom stereocenters. The summed E-state index contributed by atoms with van der Waals surface area (Å²) in [4.78, 5) is 21.7. The van der Waals surface area contributed by atoms with E-state index in [2.05, 4.69) is 20.9 Å². The van der Waals surface area contributed by atoms with Crippen molar-refractivity contribution < 1.29 is 4.79 Å². The monoisotopic (exact) mass is 316 g/mol. The van der Waals surface area contributed by atoms with Crippen LogP contribution in [-0.2, 0) is 4.79 Å². The molecule has 0 amide bonds. The van der Waals surface area contributed by atoms with Crippen LogP contribution in [-0.4, -0.2) is 20.3 Å². The highest BCUT2D eigenvalue weighted by Gasteiger charge is 2.36. The fourth-order valence-electron chi connectivity index (χ4n) is 3.82. The van der Waals surface area contributed by atoms with Crippen molar-refractivity contribution in [2.75, 3.05) is 5.32 Å². The number of carbonyl (C=O) groups is 1. The number of para-hydroxylation sites is 2. The van der Waals surface area contributed by atoms with Gasteiger partial charge in [0.05, 0.1) is 17.1 Å². The van der Waals surface area contributed by atoms with Gasteiger partial charge in [0.25, 0.3) is 0 Å². The highest BCUT2D eigenvalue weighted by Crippen LogP contribution is 2.42. The zero-order valence-corrected chi connectivity index (χ0v) is 13.1. The lowest BCUT2D eigenvalue weighted by Crippen LogP contribution is -2.30. The van der Waals surface area contributed by atoms with Crippen molar-refractivity contribution >= 4 is 22.8 Å². The summed E-state index contributed by atoms with van der Waals surface area (Å²) in [6.45, 7) is 0. The van der Waals surface area contributed by atoms with Crippen LogP contribution in [0, 0.1) is 0 Å². The Kier molecular flexibility index (Phi) is 2.82. The van der Waals surface area contributed by atoms with Crippen LogP contribution >= 0.6 is 0 Å². The Morgan fingerprint density at radius 2 is 2.04 bits per heavy atom. The van der Waals surface area contributed by atoms with E-state index in [1.54, 1.807) is 6.20 Å². The third-order valence-electron chi connectivity index (χ3n) is 4.85. The van der Waals surface area contributed by atoms with Gasteiger partial charge in [0.2, 0.25) is 5.95 Å². The Bertz CT molecular complexity index is 987. The zero-order valence-electron chi connectivity index (χ0n) is 13.1. The van der Waals surface area contributed by atoms with E-state index in [4.69, 9.17) is 4.98 Å². The molecule has 1 atom stereocenters. The van der Waals surface area contributed by atoms with Crippen molar-refractivity contribution in [3.05, 3.63) is 65.6 Å². The highest BCUT2D eigenvalue weighted by molar-refractivity contribution is 6.00. The Morgan fingerprint density at radius 3 is 2.92 bits per heavy atom. The molecule has 0 saturated carbocycles.